The standard InChI is InChI=1S/C18H24N2O/c1-12-6-7-16-14(10-12)15-11-19(2)9-8-17(15)20(16)18(21)13-4-3-5-13/h6-7,10,13,15,17H,3-5,8-9,11H2,1-2H3/t15-,17-/m0/s1. The molecule has 1 aliphatic carbocycles. The molecule has 1 aromatic rings. The summed E-state index contributed by atoms with van der Waals surface area (Å²) in [6.07, 6.45) is 4.51. The third-order valence-electron chi connectivity index (χ3n) is 5.64. The number of likely N-dealkylation sites (tertiary alicyclic amines) is 1. The van der Waals surface area contributed by atoms with E-state index in [1.165, 1.54) is 23.2 Å². The summed E-state index contributed by atoms with van der Waals surface area (Å²) >= 11 is 0. The van der Waals surface area contributed by atoms with Crippen LogP contribution in [-0.4, -0.2) is 37.0 Å². The quantitative estimate of drug-likeness (QED) is 0.791. The Morgan fingerprint density at radius 1 is 1.24 bits per heavy atom. The van der Waals surface area contributed by atoms with Crippen LogP contribution < -0.4 is 4.90 Å². The van der Waals surface area contributed by atoms with E-state index in [-0.39, 0.29) is 5.92 Å². The Hall–Kier alpha value is -1.35. The first-order valence-electron chi connectivity index (χ1n) is 8.27. The molecule has 1 saturated heterocycles. The molecule has 112 valence electrons. The van der Waals surface area contributed by atoms with Crippen LogP contribution in [0.5, 0.6) is 0 Å². The Morgan fingerprint density at radius 2 is 2.05 bits per heavy atom. The number of aryl methyl sites for hydroxylation is 1. The molecule has 2 heterocycles. The zero-order valence-electron chi connectivity index (χ0n) is 13.0. The van der Waals surface area contributed by atoms with Crippen LogP contribution in [0.2, 0.25) is 0 Å². The largest absolute Gasteiger partial charge is 0.308 e. The Bertz CT molecular complexity index is 579. The molecular weight excluding hydrogens is 260 g/mol. The van der Waals surface area contributed by atoms with E-state index in [4.69, 9.17) is 0 Å². The molecule has 0 unspecified atom stereocenters. The molecule has 2 atom stereocenters. The molecule has 2 aliphatic heterocycles. The normalized spacial score (nSPS) is 29.0. The van der Waals surface area contributed by atoms with E-state index in [1.807, 2.05) is 0 Å². The van der Waals surface area contributed by atoms with Crippen molar-refractivity contribution in [2.24, 2.45) is 5.92 Å². The van der Waals surface area contributed by atoms with Crippen molar-refractivity contribution >= 4 is 11.6 Å². The van der Waals surface area contributed by atoms with Crippen LogP contribution in [0.1, 0.15) is 42.7 Å². The van der Waals surface area contributed by atoms with Crippen molar-refractivity contribution in [2.75, 3.05) is 25.0 Å². The van der Waals surface area contributed by atoms with Crippen molar-refractivity contribution in [3.05, 3.63) is 29.3 Å². The molecule has 0 N–H and O–H groups in total. The molecule has 1 saturated carbocycles. The van der Waals surface area contributed by atoms with Crippen LogP contribution in [-0.2, 0) is 4.79 Å². The second-order valence-electron chi connectivity index (χ2n) is 7.12. The van der Waals surface area contributed by atoms with Gasteiger partial charge in [0.25, 0.3) is 0 Å². The second kappa shape index (κ2) is 4.84. The molecule has 1 amide bonds. The highest BCUT2D eigenvalue weighted by atomic mass is 16.2. The molecule has 4 rings (SSSR count). The van der Waals surface area contributed by atoms with Crippen LogP contribution in [0, 0.1) is 12.8 Å². The fraction of sp³-hybridized carbons (Fsp3) is 0.611. The summed E-state index contributed by atoms with van der Waals surface area (Å²) in [6.45, 7) is 4.33. The summed E-state index contributed by atoms with van der Waals surface area (Å²) in [6, 6.07) is 7.03. The van der Waals surface area contributed by atoms with Gasteiger partial charge in [-0.25, -0.2) is 0 Å². The number of hydrogen-bond donors (Lipinski definition) is 0. The molecule has 0 bridgehead atoms. The molecular formula is C18H24N2O. The number of fused-ring (bicyclic) bond motifs is 3. The topological polar surface area (TPSA) is 23.6 Å². The predicted octanol–water partition coefficient (Wildman–Crippen LogP) is 2.93. The first-order chi connectivity index (χ1) is 10.1. The summed E-state index contributed by atoms with van der Waals surface area (Å²) < 4.78 is 0. The summed E-state index contributed by atoms with van der Waals surface area (Å²) in [5.41, 5.74) is 3.90. The lowest BCUT2D eigenvalue weighted by Crippen LogP contribution is -2.49. The first kappa shape index (κ1) is 13.3. The van der Waals surface area contributed by atoms with Crippen LogP contribution in [0.3, 0.4) is 0 Å². The Balaban J connectivity index is 1.74. The number of amides is 1. The van der Waals surface area contributed by atoms with E-state index >= 15 is 0 Å². The number of likely N-dealkylation sites (N-methyl/N-ethyl adjacent to an activating group) is 1. The van der Waals surface area contributed by atoms with Crippen LogP contribution in [0.15, 0.2) is 18.2 Å². The monoisotopic (exact) mass is 284 g/mol. The van der Waals surface area contributed by atoms with Gasteiger partial charge in [0.05, 0.1) is 0 Å². The molecule has 21 heavy (non-hydrogen) atoms. The van der Waals surface area contributed by atoms with Gasteiger partial charge < -0.3 is 9.80 Å². The van der Waals surface area contributed by atoms with Crippen LogP contribution in [0.4, 0.5) is 5.69 Å². The van der Waals surface area contributed by atoms with Crippen molar-refractivity contribution in [1.82, 2.24) is 4.90 Å². The van der Waals surface area contributed by atoms with E-state index in [9.17, 15) is 4.79 Å². The molecule has 1 aromatic carbocycles. The maximum absolute atomic E-state index is 12.9. The number of carbonyl (C=O) groups excluding carboxylic acids is 1. The fourth-order valence-corrected chi connectivity index (χ4v) is 4.22. The first-order valence-corrected chi connectivity index (χ1v) is 8.27. The summed E-state index contributed by atoms with van der Waals surface area (Å²) in [5.74, 6) is 1.18. The molecule has 0 radical (unpaired) electrons. The molecule has 3 heteroatoms. The lowest BCUT2D eigenvalue weighted by molar-refractivity contribution is -0.125. The zero-order chi connectivity index (χ0) is 14.6. The fourth-order valence-electron chi connectivity index (χ4n) is 4.22. The number of rotatable bonds is 1. The Labute approximate surface area is 126 Å². The number of nitrogens with zero attached hydrogens (tertiary/aromatic N) is 2. The van der Waals surface area contributed by atoms with Crippen molar-refractivity contribution in [3.8, 4) is 0 Å². The van der Waals surface area contributed by atoms with Gasteiger partial charge in [-0.05, 0) is 51.4 Å². The van der Waals surface area contributed by atoms with Gasteiger partial charge in [0, 0.05) is 30.1 Å². The van der Waals surface area contributed by atoms with Gasteiger partial charge in [-0.1, -0.05) is 24.1 Å². The van der Waals surface area contributed by atoms with Gasteiger partial charge >= 0.3 is 0 Å². The van der Waals surface area contributed by atoms with Crippen molar-refractivity contribution < 1.29 is 4.79 Å². The number of benzene rings is 1. The minimum Gasteiger partial charge on any atom is -0.308 e. The maximum atomic E-state index is 12.9. The molecule has 0 aromatic heterocycles. The Kier molecular flexibility index (Phi) is 3.07. The van der Waals surface area contributed by atoms with Gasteiger partial charge in [0.2, 0.25) is 5.91 Å². The van der Waals surface area contributed by atoms with Gasteiger partial charge in [0.1, 0.15) is 0 Å². The maximum Gasteiger partial charge on any atom is 0.230 e. The van der Waals surface area contributed by atoms with Gasteiger partial charge in [-0.15, -0.1) is 0 Å². The highest BCUT2D eigenvalue weighted by molar-refractivity contribution is 5.98. The van der Waals surface area contributed by atoms with E-state index in [1.54, 1.807) is 0 Å². The van der Waals surface area contributed by atoms with E-state index in [2.05, 4.69) is 42.0 Å². The molecule has 3 nitrogen and oxygen atoms in total. The number of hydrogen-bond acceptors (Lipinski definition) is 2. The van der Waals surface area contributed by atoms with Crippen molar-refractivity contribution in [2.45, 2.75) is 44.6 Å². The van der Waals surface area contributed by atoms with Crippen LogP contribution >= 0.6 is 0 Å². The smallest absolute Gasteiger partial charge is 0.230 e. The third kappa shape index (κ3) is 2.02. The van der Waals surface area contributed by atoms with E-state index in [0.717, 1.165) is 32.4 Å². The van der Waals surface area contributed by atoms with Gasteiger partial charge in [0.15, 0.2) is 0 Å². The van der Waals surface area contributed by atoms with Crippen LogP contribution in [0.25, 0.3) is 0 Å². The average Bonchev–Trinajstić information content (AvgIpc) is 2.70. The zero-order valence-corrected chi connectivity index (χ0v) is 13.0. The van der Waals surface area contributed by atoms with Crippen molar-refractivity contribution in [3.63, 3.8) is 0 Å². The molecule has 2 fully saturated rings. The number of anilines is 1. The highest BCUT2D eigenvalue weighted by Gasteiger charge is 2.45. The average molecular weight is 284 g/mol. The summed E-state index contributed by atoms with van der Waals surface area (Å²) in [4.78, 5) is 17.5. The Morgan fingerprint density at radius 3 is 2.76 bits per heavy atom. The lowest BCUT2D eigenvalue weighted by Gasteiger charge is -2.39. The highest BCUT2D eigenvalue weighted by Crippen LogP contribution is 2.46. The molecule has 0 spiro atoms. The van der Waals surface area contributed by atoms with E-state index < -0.39 is 0 Å². The van der Waals surface area contributed by atoms with E-state index in [0.29, 0.717) is 17.9 Å². The summed E-state index contributed by atoms with van der Waals surface area (Å²) in [5, 5.41) is 0. The van der Waals surface area contributed by atoms with Gasteiger partial charge in [-0.3, -0.25) is 4.79 Å². The third-order valence-corrected chi connectivity index (χ3v) is 5.64. The predicted molar refractivity (Wildman–Crippen MR) is 84.6 cm³/mol. The summed E-state index contributed by atoms with van der Waals surface area (Å²) in [7, 11) is 2.20. The van der Waals surface area contributed by atoms with Gasteiger partial charge in [-0.2, -0.15) is 0 Å². The minimum atomic E-state index is 0.289. The number of piperidine rings is 1. The SMILES string of the molecule is Cc1ccc2c(c1)[C@@H]1CN(C)CC[C@@H]1N2C(=O)C1CCC1. The minimum absolute atomic E-state index is 0.289. The lowest BCUT2D eigenvalue weighted by atomic mass is 9.83. The second-order valence-corrected chi connectivity index (χ2v) is 7.12. The van der Waals surface area contributed by atoms with Crippen molar-refractivity contribution in [1.29, 1.82) is 0 Å². The molecule has 3 aliphatic rings. The number of carbonyl (C=O) groups is 1.